The molecule has 1 heterocycles. The van der Waals surface area contributed by atoms with Gasteiger partial charge >= 0.3 is 0 Å². The van der Waals surface area contributed by atoms with Gasteiger partial charge < -0.3 is 0 Å². The number of hydrogen-bond acceptors (Lipinski definition) is 3. The minimum atomic E-state index is -0.404. The topological polar surface area (TPSA) is 52.0 Å². The average Bonchev–Trinajstić information content (AvgIpc) is 2.30. The van der Waals surface area contributed by atoms with E-state index in [-0.39, 0.29) is 11.5 Å². The second-order valence-corrected chi connectivity index (χ2v) is 3.94. The van der Waals surface area contributed by atoms with E-state index in [0.29, 0.717) is 11.4 Å². The van der Waals surface area contributed by atoms with Gasteiger partial charge in [0.25, 0.3) is 0 Å². The molecule has 0 amide bonds. The van der Waals surface area contributed by atoms with Crippen LogP contribution in [0.4, 0.5) is 4.39 Å². The van der Waals surface area contributed by atoms with Gasteiger partial charge in [-0.3, -0.25) is 9.59 Å². The Hall–Kier alpha value is -2.30. The Balaban J connectivity index is 2.64. The number of aromatic nitrogens is 2. The maximum atomic E-state index is 12.8. The maximum Gasteiger partial charge on any atom is 0.211 e. The zero-order chi connectivity index (χ0) is 13.3. The van der Waals surface area contributed by atoms with Gasteiger partial charge in [-0.1, -0.05) is 0 Å². The summed E-state index contributed by atoms with van der Waals surface area (Å²) in [5, 5.41) is 4.00. The highest BCUT2D eigenvalue weighted by Gasteiger charge is 2.11. The van der Waals surface area contributed by atoms with Crippen LogP contribution in [-0.2, 0) is 0 Å². The van der Waals surface area contributed by atoms with Crippen LogP contribution in [0.2, 0.25) is 0 Å². The lowest BCUT2D eigenvalue weighted by atomic mass is 10.2. The molecule has 0 fully saturated rings. The van der Waals surface area contributed by atoms with Crippen LogP contribution in [0, 0.1) is 12.7 Å². The normalized spacial score (nSPS) is 10.4. The van der Waals surface area contributed by atoms with Crippen LogP contribution >= 0.6 is 0 Å². The molecule has 0 saturated carbocycles. The molecule has 92 valence electrons. The summed E-state index contributed by atoms with van der Waals surface area (Å²) in [5.74, 6) is -0.750. The molecular formula is C13H11FN2O2. The van der Waals surface area contributed by atoms with E-state index in [4.69, 9.17) is 0 Å². The first-order valence-corrected chi connectivity index (χ1v) is 5.37. The lowest BCUT2D eigenvalue weighted by Crippen LogP contribution is -2.21. The van der Waals surface area contributed by atoms with Crippen LogP contribution in [0.25, 0.3) is 5.69 Å². The first-order valence-electron chi connectivity index (χ1n) is 5.37. The van der Waals surface area contributed by atoms with Crippen molar-refractivity contribution in [3.63, 3.8) is 0 Å². The van der Waals surface area contributed by atoms with E-state index >= 15 is 0 Å². The van der Waals surface area contributed by atoms with Crippen LogP contribution in [-0.4, -0.2) is 15.6 Å². The van der Waals surface area contributed by atoms with Crippen molar-refractivity contribution in [2.75, 3.05) is 0 Å². The van der Waals surface area contributed by atoms with E-state index in [0.717, 1.165) is 0 Å². The zero-order valence-corrected chi connectivity index (χ0v) is 9.98. The number of rotatable bonds is 2. The molecule has 1 aromatic heterocycles. The number of nitrogens with zero attached hydrogens (tertiary/aromatic N) is 2. The second-order valence-electron chi connectivity index (χ2n) is 3.94. The molecule has 5 heteroatoms. The summed E-state index contributed by atoms with van der Waals surface area (Å²) in [6, 6.07) is 6.99. The van der Waals surface area contributed by atoms with E-state index in [1.54, 1.807) is 6.92 Å². The molecule has 0 bridgehead atoms. The van der Waals surface area contributed by atoms with E-state index < -0.39 is 11.2 Å². The first kappa shape index (κ1) is 12.2. The number of aryl methyl sites for hydroxylation is 1. The number of halogens is 1. The second kappa shape index (κ2) is 4.52. The average molecular weight is 246 g/mol. The van der Waals surface area contributed by atoms with Gasteiger partial charge in [0.2, 0.25) is 5.43 Å². The highest BCUT2D eigenvalue weighted by Crippen LogP contribution is 2.09. The number of ketones is 1. The van der Waals surface area contributed by atoms with Gasteiger partial charge in [0.15, 0.2) is 11.5 Å². The third kappa shape index (κ3) is 2.20. The zero-order valence-electron chi connectivity index (χ0n) is 9.98. The molecular weight excluding hydrogens is 235 g/mol. The van der Waals surface area contributed by atoms with E-state index in [1.165, 1.54) is 41.9 Å². The van der Waals surface area contributed by atoms with Gasteiger partial charge in [-0.05, 0) is 31.2 Å². The molecule has 0 unspecified atom stereocenters. The highest BCUT2D eigenvalue weighted by atomic mass is 19.1. The van der Waals surface area contributed by atoms with Gasteiger partial charge in [-0.2, -0.15) is 5.10 Å². The Labute approximate surface area is 103 Å². The summed E-state index contributed by atoms with van der Waals surface area (Å²) in [6.07, 6.45) is 0. The summed E-state index contributed by atoms with van der Waals surface area (Å²) in [6.45, 7) is 2.98. The van der Waals surface area contributed by atoms with E-state index in [2.05, 4.69) is 5.10 Å². The minimum Gasteiger partial charge on any atom is -0.293 e. The molecule has 0 radical (unpaired) electrons. The Morgan fingerprint density at radius 1 is 1.28 bits per heavy atom. The molecule has 0 aliphatic heterocycles. The summed E-state index contributed by atoms with van der Waals surface area (Å²) in [4.78, 5) is 22.8. The number of benzene rings is 1. The van der Waals surface area contributed by atoms with Crippen LogP contribution in [0.5, 0.6) is 0 Å². The largest absolute Gasteiger partial charge is 0.293 e. The van der Waals surface area contributed by atoms with Crippen molar-refractivity contribution in [1.82, 2.24) is 9.78 Å². The highest BCUT2D eigenvalue weighted by molar-refractivity contribution is 5.91. The lowest BCUT2D eigenvalue weighted by Gasteiger charge is -2.09. The van der Waals surface area contributed by atoms with Crippen molar-refractivity contribution >= 4 is 5.78 Å². The Morgan fingerprint density at radius 2 is 1.89 bits per heavy atom. The van der Waals surface area contributed by atoms with E-state index in [1.807, 2.05) is 0 Å². The van der Waals surface area contributed by atoms with Gasteiger partial charge in [-0.25, -0.2) is 9.07 Å². The standard InChI is InChI=1S/C13H11FN2O2/c1-8-7-12(18)13(9(2)17)15-16(8)11-5-3-10(14)4-6-11/h3-7H,1-2H3. The monoisotopic (exact) mass is 246 g/mol. The van der Waals surface area contributed by atoms with Crippen LogP contribution in [0.3, 0.4) is 0 Å². The predicted molar refractivity (Wildman–Crippen MR) is 64.5 cm³/mol. The first-order chi connectivity index (χ1) is 8.49. The Kier molecular flexibility index (Phi) is 3.06. The quantitative estimate of drug-likeness (QED) is 0.760. The van der Waals surface area contributed by atoms with E-state index in [9.17, 15) is 14.0 Å². The fourth-order valence-corrected chi connectivity index (χ4v) is 1.63. The fraction of sp³-hybridized carbons (Fsp3) is 0.154. The molecule has 0 atom stereocenters. The van der Waals surface area contributed by atoms with Crippen molar-refractivity contribution in [2.24, 2.45) is 0 Å². The van der Waals surface area contributed by atoms with Crippen LogP contribution in [0.1, 0.15) is 23.1 Å². The molecule has 0 aliphatic carbocycles. The van der Waals surface area contributed by atoms with Gasteiger partial charge in [0.1, 0.15) is 5.82 Å². The molecule has 2 rings (SSSR count). The Morgan fingerprint density at radius 3 is 2.44 bits per heavy atom. The van der Waals surface area contributed by atoms with Crippen molar-refractivity contribution in [2.45, 2.75) is 13.8 Å². The summed E-state index contributed by atoms with van der Waals surface area (Å²) < 4.78 is 14.3. The summed E-state index contributed by atoms with van der Waals surface area (Å²) in [5.41, 5.74) is 0.649. The molecule has 0 saturated heterocycles. The van der Waals surface area contributed by atoms with Gasteiger partial charge in [0.05, 0.1) is 5.69 Å². The van der Waals surface area contributed by atoms with Crippen molar-refractivity contribution in [3.05, 3.63) is 57.8 Å². The van der Waals surface area contributed by atoms with Crippen LogP contribution < -0.4 is 5.43 Å². The van der Waals surface area contributed by atoms with Crippen molar-refractivity contribution in [1.29, 1.82) is 0 Å². The fourth-order valence-electron chi connectivity index (χ4n) is 1.63. The smallest absolute Gasteiger partial charge is 0.211 e. The molecule has 0 spiro atoms. The molecule has 1 aromatic carbocycles. The Bertz CT molecular complexity index is 660. The number of hydrogen-bond donors (Lipinski definition) is 0. The summed E-state index contributed by atoms with van der Waals surface area (Å²) in [7, 11) is 0. The molecule has 18 heavy (non-hydrogen) atoms. The maximum absolute atomic E-state index is 12.8. The van der Waals surface area contributed by atoms with Crippen LogP contribution in [0.15, 0.2) is 35.1 Å². The number of Topliss-reactive ketones (excluding diaryl/α,β-unsaturated/α-hetero) is 1. The lowest BCUT2D eigenvalue weighted by molar-refractivity contribution is 0.101. The minimum absolute atomic E-state index is 0.120. The number of carbonyl (C=O) groups is 1. The van der Waals surface area contributed by atoms with Gasteiger partial charge in [-0.15, -0.1) is 0 Å². The molecule has 4 nitrogen and oxygen atoms in total. The molecule has 2 aromatic rings. The molecule has 0 N–H and O–H groups in total. The third-order valence-electron chi connectivity index (χ3n) is 2.51. The SMILES string of the molecule is CC(=O)c1nn(-c2ccc(F)cc2)c(C)cc1=O. The third-order valence-corrected chi connectivity index (χ3v) is 2.51. The van der Waals surface area contributed by atoms with Crippen molar-refractivity contribution < 1.29 is 9.18 Å². The number of carbonyl (C=O) groups excluding carboxylic acids is 1. The van der Waals surface area contributed by atoms with Gasteiger partial charge in [0, 0.05) is 18.7 Å². The van der Waals surface area contributed by atoms with Crippen molar-refractivity contribution in [3.8, 4) is 5.69 Å². The summed E-state index contributed by atoms with van der Waals surface area (Å²) >= 11 is 0. The predicted octanol–water partition coefficient (Wildman–Crippen LogP) is 1.88. The molecule has 0 aliphatic rings.